The fourth-order valence-corrected chi connectivity index (χ4v) is 6.96. The Labute approximate surface area is 364 Å². The van der Waals surface area contributed by atoms with Crippen molar-refractivity contribution in [3.05, 3.63) is 154 Å². The summed E-state index contributed by atoms with van der Waals surface area (Å²) in [5.74, 6) is 1.90. The van der Waals surface area contributed by atoms with Crippen LogP contribution in [0.3, 0.4) is 0 Å². The van der Waals surface area contributed by atoms with Gasteiger partial charge >= 0.3 is 52.4 Å². The van der Waals surface area contributed by atoms with E-state index in [9.17, 15) is 0 Å². The Morgan fingerprint density at radius 3 is 1.25 bits per heavy atom. The van der Waals surface area contributed by atoms with Crippen molar-refractivity contribution in [2.75, 3.05) is 14.2 Å². The third kappa shape index (κ3) is 11.4. The van der Waals surface area contributed by atoms with Gasteiger partial charge in [0.15, 0.2) is 0 Å². The van der Waals surface area contributed by atoms with Crippen LogP contribution in [0.1, 0.15) is 88.5 Å². The molecule has 4 aliphatic rings. The van der Waals surface area contributed by atoms with Crippen LogP contribution in [0.5, 0.6) is 11.5 Å². The minimum absolute atomic E-state index is 0. The predicted octanol–water partition coefficient (Wildman–Crippen LogP) is 5.87. The minimum Gasteiger partial charge on any atom is -1.00 e. The summed E-state index contributed by atoms with van der Waals surface area (Å²) in [5, 5.41) is 0. The number of methoxy groups -OCH3 is 2. The Bertz CT molecular complexity index is 1680. The second-order valence-electron chi connectivity index (χ2n) is 12.1. The number of hydrogen-bond donors (Lipinski definition) is 0. The first-order chi connectivity index (χ1) is 23.6. The van der Waals surface area contributed by atoms with E-state index in [0.717, 1.165) is 50.0 Å². The first-order valence-electron chi connectivity index (χ1n) is 17.5. The number of allylic oxidation sites excluding steroid dienone is 8. The number of hydrogen-bond acceptors (Lipinski definition) is 2. The zero-order valence-corrected chi connectivity index (χ0v) is 37.7. The van der Waals surface area contributed by atoms with Crippen LogP contribution < -0.4 is 34.3 Å². The molecule has 52 heavy (non-hydrogen) atoms. The molecule has 0 heterocycles. The first-order valence-corrected chi connectivity index (χ1v) is 17.5. The maximum atomic E-state index is 5.39. The molecule has 0 atom stereocenters. The van der Waals surface area contributed by atoms with Gasteiger partial charge in [-0.2, -0.15) is 47.6 Å². The SMILES string of the molecule is CCC1=[C-]CC=C1CC.CCC1=[C-]CC=C1CC.COc1cc[c-]c2c1-c1ccccc1C2.COc1cc[c-]c2c1-c1ccccc1C2.[Cl-].[Cl-].[Zr+2].[Zr+2]. The van der Waals surface area contributed by atoms with Crippen molar-refractivity contribution >= 4 is 0 Å². The molecule has 0 saturated carbocycles. The van der Waals surface area contributed by atoms with E-state index in [-0.39, 0.29) is 77.2 Å². The van der Waals surface area contributed by atoms with Crippen LogP contribution >= 0.6 is 0 Å². The molecule has 6 heteroatoms. The Morgan fingerprint density at radius 1 is 0.538 bits per heavy atom. The number of rotatable bonds is 6. The topological polar surface area (TPSA) is 18.5 Å². The van der Waals surface area contributed by atoms with Crippen LogP contribution in [0, 0.1) is 24.3 Å². The molecular weight excluding hydrogens is 838 g/mol. The van der Waals surface area contributed by atoms with Crippen LogP contribution in [0.25, 0.3) is 22.3 Å². The summed E-state index contributed by atoms with van der Waals surface area (Å²) < 4.78 is 10.8. The molecule has 4 aromatic carbocycles. The third-order valence-electron chi connectivity index (χ3n) is 9.40. The standard InChI is InChI=1S/2C14H11O.2C9H13.2ClH.2Zr/c2*1-15-13-8-4-6-11-9-10-5-2-3-7-12(10)14(11)13;2*1-3-8-6-5-7-9(8)4-2;;;;/h2*2-5,7-8H,9H2,1H3;2*6H,3-5H2,1-2H3;2*1H;;/q4*-1;;;2*+2/p-2. The van der Waals surface area contributed by atoms with Gasteiger partial charge in [0.25, 0.3) is 0 Å². The monoisotopic (exact) mass is 882 g/mol. The summed E-state index contributed by atoms with van der Waals surface area (Å²) in [5.41, 5.74) is 16.2. The molecule has 8 rings (SSSR count). The first kappa shape index (κ1) is 47.8. The van der Waals surface area contributed by atoms with Crippen LogP contribution in [0.15, 0.2) is 107 Å². The van der Waals surface area contributed by atoms with Gasteiger partial charge in [-0.05, 0) is 24.0 Å². The fraction of sp³-hybridized carbons (Fsp3) is 0.304. The van der Waals surface area contributed by atoms with Crippen molar-refractivity contribution in [3.63, 3.8) is 0 Å². The Kier molecular flexibility index (Phi) is 22.3. The van der Waals surface area contributed by atoms with Crippen molar-refractivity contribution < 1.29 is 86.7 Å². The van der Waals surface area contributed by atoms with Gasteiger partial charge in [-0.3, -0.25) is 12.2 Å². The van der Waals surface area contributed by atoms with E-state index >= 15 is 0 Å². The average Bonchev–Trinajstić information content (AvgIpc) is 3.95. The van der Waals surface area contributed by atoms with E-state index in [2.05, 4.69) is 113 Å². The average molecular weight is 886 g/mol. The van der Waals surface area contributed by atoms with Gasteiger partial charge in [0, 0.05) is 11.5 Å². The zero-order chi connectivity index (χ0) is 33.9. The summed E-state index contributed by atoms with van der Waals surface area (Å²) in [4.78, 5) is 0. The number of benzene rings is 4. The van der Waals surface area contributed by atoms with Crippen LogP contribution in [-0.2, 0) is 65.2 Å². The minimum atomic E-state index is 0. The van der Waals surface area contributed by atoms with Crippen molar-refractivity contribution in [2.24, 2.45) is 0 Å². The van der Waals surface area contributed by atoms with Gasteiger partial charge in [0.1, 0.15) is 0 Å². The van der Waals surface area contributed by atoms with Crippen molar-refractivity contribution in [3.8, 4) is 33.8 Å². The second kappa shape index (κ2) is 24.2. The summed E-state index contributed by atoms with van der Waals surface area (Å²) in [6, 6.07) is 31.3. The van der Waals surface area contributed by atoms with Gasteiger partial charge < -0.3 is 34.3 Å². The van der Waals surface area contributed by atoms with E-state index in [1.165, 1.54) is 79.6 Å². The Morgan fingerprint density at radius 2 is 0.923 bits per heavy atom. The van der Waals surface area contributed by atoms with E-state index in [1.807, 2.05) is 24.3 Å². The van der Waals surface area contributed by atoms with Gasteiger partial charge in [-0.1, -0.05) is 124 Å². The largest absolute Gasteiger partial charge is 2.00 e. The predicted molar refractivity (Wildman–Crippen MR) is 200 cm³/mol. The molecule has 268 valence electrons. The van der Waals surface area contributed by atoms with E-state index in [1.54, 1.807) is 14.2 Å². The molecule has 0 saturated heterocycles. The molecule has 0 aliphatic heterocycles. The molecule has 0 radical (unpaired) electrons. The molecule has 0 aromatic heterocycles. The molecule has 0 amide bonds. The van der Waals surface area contributed by atoms with Crippen LogP contribution in [0.4, 0.5) is 0 Å². The van der Waals surface area contributed by atoms with E-state index in [0.29, 0.717) is 0 Å². The molecular formula is C46H48Cl2O2Zr2-2. The molecule has 0 unspecified atom stereocenters. The Hall–Kier alpha value is -2.21. The summed E-state index contributed by atoms with van der Waals surface area (Å²) >= 11 is 0. The Balaban J connectivity index is 0.000000348. The molecule has 0 fully saturated rings. The van der Waals surface area contributed by atoms with Crippen LogP contribution in [0.2, 0.25) is 0 Å². The molecule has 0 spiro atoms. The van der Waals surface area contributed by atoms with E-state index in [4.69, 9.17) is 9.47 Å². The van der Waals surface area contributed by atoms with Gasteiger partial charge in [-0.25, -0.2) is 11.1 Å². The molecule has 2 nitrogen and oxygen atoms in total. The molecule has 0 N–H and O–H groups in total. The van der Waals surface area contributed by atoms with Gasteiger partial charge in [0.2, 0.25) is 0 Å². The third-order valence-corrected chi connectivity index (χ3v) is 9.40. The number of ether oxygens (including phenoxy) is 2. The maximum Gasteiger partial charge on any atom is 2.00 e. The maximum absolute atomic E-state index is 5.39. The quantitative estimate of drug-likeness (QED) is 0.195. The van der Waals surface area contributed by atoms with Gasteiger partial charge in [-0.15, -0.1) is 36.1 Å². The summed E-state index contributed by atoms with van der Waals surface area (Å²) in [6.45, 7) is 8.79. The summed E-state index contributed by atoms with van der Waals surface area (Å²) in [7, 11) is 3.44. The number of fused-ring (bicyclic) bond motifs is 6. The fourth-order valence-electron chi connectivity index (χ4n) is 6.96. The normalized spacial score (nSPS) is 13.0. The second-order valence-corrected chi connectivity index (χ2v) is 12.1. The number of halogens is 2. The molecule has 0 bridgehead atoms. The zero-order valence-electron chi connectivity index (χ0n) is 31.3. The summed E-state index contributed by atoms with van der Waals surface area (Å²) in [6.07, 6.45) is 19.9. The van der Waals surface area contributed by atoms with E-state index < -0.39 is 0 Å². The molecule has 4 aliphatic carbocycles. The van der Waals surface area contributed by atoms with Crippen molar-refractivity contribution in [2.45, 2.75) is 79.1 Å². The smallest absolute Gasteiger partial charge is 1.00 e. The molecule has 4 aromatic rings. The van der Waals surface area contributed by atoms with Crippen molar-refractivity contribution in [1.29, 1.82) is 0 Å². The van der Waals surface area contributed by atoms with Crippen LogP contribution in [-0.4, -0.2) is 14.2 Å². The van der Waals surface area contributed by atoms with Gasteiger partial charge in [0.05, 0.1) is 14.2 Å². The van der Waals surface area contributed by atoms with Crippen molar-refractivity contribution in [1.82, 2.24) is 0 Å².